The average molecular weight is 254 g/mol. The molecule has 0 saturated carbocycles. The number of esters is 1. The maximum Gasteiger partial charge on any atom is 0.326 e. The van der Waals surface area contributed by atoms with E-state index >= 15 is 0 Å². The van der Waals surface area contributed by atoms with Gasteiger partial charge in [0.05, 0.1) is 12.0 Å². The maximum absolute atomic E-state index is 11.1. The molecule has 7 nitrogen and oxygen atoms in total. The molecule has 0 amide bonds. The normalized spacial score (nSPS) is 11.7. The van der Waals surface area contributed by atoms with Gasteiger partial charge in [0.15, 0.2) is 5.75 Å². The van der Waals surface area contributed by atoms with Crippen LogP contribution in [0.4, 0.5) is 5.69 Å². The molecule has 1 atom stereocenters. The van der Waals surface area contributed by atoms with E-state index < -0.39 is 16.9 Å². The molecule has 2 N–H and O–H groups in total. The zero-order chi connectivity index (χ0) is 13.7. The third kappa shape index (κ3) is 3.17. The summed E-state index contributed by atoms with van der Waals surface area (Å²) in [5.41, 5.74) is 5.92. The van der Waals surface area contributed by atoms with E-state index in [0.717, 1.165) is 0 Å². The molecular formula is C11H14N2O5. The van der Waals surface area contributed by atoms with Crippen molar-refractivity contribution in [1.29, 1.82) is 0 Å². The van der Waals surface area contributed by atoms with Gasteiger partial charge in [0, 0.05) is 6.07 Å². The Morgan fingerprint density at radius 1 is 1.56 bits per heavy atom. The predicted octanol–water partition coefficient (Wildman–Crippen LogP) is 0.782. The molecule has 98 valence electrons. The van der Waals surface area contributed by atoms with Crippen LogP contribution < -0.4 is 10.5 Å². The van der Waals surface area contributed by atoms with E-state index in [0.29, 0.717) is 5.56 Å². The summed E-state index contributed by atoms with van der Waals surface area (Å²) in [4.78, 5) is 21.3. The Hall–Kier alpha value is -2.15. The molecule has 0 heterocycles. The molecule has 1 unspecified atom stereocenters. The number of hydrogen-bond acceptors (Lipinski definition) is 6. The third-order valence-electron chi connectivity index (χ3n) is 2.30. The summed E-state index contributed by atoms with van der Waals surface area (Å²) < 4.78 is 9.68. The summed E-state index contributed by atoms with van der Waals surface area (Å²) in [6.07, 6.45) is 0. The maximum atomic E-state index is 11.1. The van der Waals surface area contributed by atoms with Crippen molar-refractivity contribution in [3.63, 3.8) is 0 Å². The topological polar surface area (TPSA) is 105 Å². The number of nitro benzene ring substituents is 1. The largest absolute Gasteiger partial charge is 0.484 e. The lowest BCUT2D eigenvalue weighted by molar-refractivity contribution is -0.385. The fourth-order valence-corrected chi connectivity index (χ4v) is 1.36. The van der Waals surface area contributed by atoms with Crippen LogP contribution in [0.25, 0.3) is 0 Å². The van der Waals surface area contributed by atoms with Crippen LogP contribution in [0.1, 0.15) is 5.56 Å². The number of aryl methyl sites for hydroxylation is 1. The molecule has 0 aliphatic heterocycles. The van der Waals surface area contributed by atoms with E-state index in [2.05, 4.69) is 4.74 Å². The Morgan fingerprint density at radius 2 is 2.22 bits per heavy atom. The molecule has 0 saturated heterocycles. The Kier molecular flexibility index (Phi) is 4.61. The smallest absolute Gasteiger partial charge is 0.326 e. The highest BCUT2D eigenvalue weighted by molar-refractivity contribution is 5.75. The van der Waals surface area contributed by atoms with Crippen molar-refractivity contribution in [2.75, 3.05) is 13.7 Å². The monoisotopic (exact) mass is 254 g/mol. The summed E-state index contributed by atoms with van der Waals surface area (Å²) in [5.74, 6) is -0.520. The highest BCUT2D eigenvalue weighted by Crippen LogP contribution is 2.30. The minimum absolute atomic E-state index is 0.113. The number of hydrogen-bond donors (Lipinski definition) is 1. The van der Waals surface area contributed by atoms with E-state index in [1.807, 2.05) is 0 Å². The molecule has 18 heavy (non-hydrogen) atoms. The van der Waals surface area contributed by atoms with Crippen molar-refractivity contribution in [1.82, 2.24) is 0 Å². The number of nitro groups is 1. The van der Waals surface area contributed by atoms with Gasteiger partial charge in [-0.25, -0.2) is 0 Å². The molecule has 7 heteroatoms. The SMILES string of the molecule is COC(=O)C(N)COc1c(C)cccc1[N+](=O)[O-]. The zero-order valence-corrected chi connectivity index (χ0v) is 10.1. The Morgan fingerprint density at radius 3 is 2.78 bits per heavy atom. The number of methoxy groups -OCH3 is 1. The van der Waals surface area contributed by atoms with Crippen LogP contribution in [-0.4, -0.2) is 30.7 Å². The van der Waals surface area contributed by atoms with E-state index in [-0.39, 0.29) is 18.0 Å². The van der Waals surface area contributed by atoms with Gasteiger partial charge in [-0.15, -0.1) is 0 Å². The van der Waals surface area contributed by atoms with Crippen LogP contribution in [0.3, 0.4) is 0 Å². The van der Waals surface area contributed by atoms with Gasteiger partial charge in [-0.05, 0) is 12.5 Å². The van der Waals surface area contributed by atoms with Crippen molar-refractivity contribution in [2.45, 2.75) is 13.0 Å². The zero-order valence-electron chi connectivity index (χ0n) is 10.1. The first-order valence-corrected chi connectivity index (χ1v) is 5.17. The van der Waals surface area contributed by atoms with E-state index in [9.17, 15) is 14.9 Å². The van der Waals surface area contributed by atoms with Crippen LogP contribution >= 0.6 is 0 Å². The second-order valence-electron chi connectivity index (χ2n) is 3.62. The molecule has 0 bridgehead atoms. The number of benzene rings is 1. The molecule has 0 aliphatic rings. The van der Waals surface area contributed by atoms with Crippen LogP contribution in [0.2, 0.25) is 0 Å². The summed E-state index contributed by atoms with van der Waals surface area (Å²) in [6.45, 7) is 1.49. The summed E-state index contributed by atoms with van der Waals surface area (Å²) >= 11 is 0. The molecule has 0 fully saturated rings. The number of carbonyl (C=O) groups is 1. The van der Waals surface area contributed by atoms with E-state index in [4.69, 9.17) is 10.5 Å². The summed E-state index contributed by atoms with van der Waals surface area (Å²) in [7, 11) is 1.21. The highest BCUT2D eigenvalue weighted by Gasteiger charge is 2.20. The van der Waals surface area contributed by atoms with Crippen molar-refractivity contribution in [3.8, 4) is 5.75 Å². The molecule has 0 aromatic heterocycles. The third-order valence-corrected chi connectivity index (χ3v) is 2.30. The van der Waals surface area contributed by atoms with Gasteiger partial charge < -0.3 is 15.2 Å². The van der Waals surface area contributed by atoms with Crippen LogP contribution in [0, 0.1) is 17.0 Å². The van der Waals surface area contributed by atoms with Crippen LogP contribution in [0.15, 0.2) is 18.2 Å². The standard InChI is InChI=1S/C11H14N2O5/c1-7-4-3-5-9(13(15)16)10(7)18-6-8(12)11(14)17-2/h3-5,8H,6,12H2,1-2H3. The van der Waals surface area contributed by atoms with Gasteiger partial charge >= 0.3 is 11.7 Å². The first-order chi connectivity index (χ1) is 8.47. The van der Waals surface area contributed by atoms with Crippen LogP contribution in [-0.2, 0) is 9.53 Å². The van der Waals surface area contributed by atoms with Gasteiger partial charge in [-0.2, -0.15) is 0 Å². The minimum Gasteiger partial charge on any atom is -0.484 e. The quantitative estimate of drug-likeness (QED) is 0.473. The van der Waals surface area contributed by atoms with Crippen LogP contribution in [0.5, 0.6) is 5.75 Å². The Bertz CT molecular complexity index is 461. The number of nitrogens with zero attached hydrogens (tertiary/aromatic N) is 1. The van der Waals surface area contributed by atoms with Crippen molar-refractivity contribution in [3.05, 3.63) is 33.9 Å². The fourth-order valence-electron chi connectivity index (χ4n) is 1.36. The molecular weight excluding hydrogens is 240 g/mol. The van der Waals surface area contributed by atoms with Crippen molar-refractivity contribution < 1.29 is 19.2 Å². The Balaban J connectivity index is 2.84. The molecule has 0 aliphatic carbocycles. The molecule has 0 spiro atoms. The minimum atomic E-state index is -0.978. The van der Waals surface area contributed by atoms with E-state index in [1.165, 1.54) is 13.2 Å². The molecule has 1 aromatic carbocycles. The van der Waals surface area contributed by atoms with Gasteiger partial charge in [0.2, 0.25) is 0 Å². The molecule has 1 rings (SSSR count). The number of para-hydroxylation sites is 1. The summed E-state index contributed by atoms with van der Waals surface area (Å²) in [6, 6.07) is 3.58. The van der Waals surface area contributed by atoms with E-state index in [1.54, 1.807) is 19.1 Å². The van der Waals surface area contributed by atoms with Gasteiger partial charge in [-0.1, -0.05) is 12.1 Å². The lowest BCUT2D eigenvalue weighted by Gasteiger charge is -2.12. The lowest BCUT2D eigenvalue weighted by Crippen LogP contribution is -2.37. The first-order valence-electron chi connectivity index (χ1n) is 5.17. The predicted molar refractivity (Wildman–Crippen MR) is 63.3 cm³/mol. The summed E-state index contributed by atoms with van der Waals surface area (Å²) in [5, 5.41) is 10.8. The van der Waals surface area contributed by atoms with Gasteiger partial charge in [-0.3, -0.25) is 14.9 Å². The van der Waals surface area contributed by atoms with Crippen molar-refractivity contribution >= 4 is 11.7 Å². The second kappa shape index (κ2) is 5.97. The lowest BCUT2D eigenvalue weighted by atomic mass is 10.2. The second-order valence-corrected chi connectivity index (χ2v) is 3.62. The average Bonchev–Trinajstić information content (AvgIpc) is 2.35. The first kappa shape index (κ1) is 13.9. The van der Waals surface area contributed by atoms with Gasteiger partial charge in [0.1, 0.15) is 12.6 Å². The number of carbonyl (C=O) groups excluding carboxylic acids is 1. The van der Waals surface area contributed by atoms with Crippen molar-refractivity contribution in [2.24, 2.45) is 5.73 Å². The molecule has 0 radical (unpaired) electrons. The number of nitrogens with two attached hydrogens (primary N) is 1. The van der Waals surface area contributed by atoms with Gasteiger partial charge in [0.25, 0.3) is 0 Å². The molecule has 1 aromatic rings. The Labute approximate surface area is 104 Å². The fraction of sp³-hybridized carbons (Fsp3) is 0.364. The number of ether oxygens (including phenoxy) is 2. The highest BCUT2D eigenvalue weighted by atomic mass is 16.6. The number of rotatable bonds is 5.